The number of para-hydroxylation sites is 1. The Balaban J connectivity index is 1.09. The maximum absolute atomic E-state index is 12.9. The summed E-state index contributed by atoms with van der Waals surface area (Å²) >= 11 is 0. The fourth-order valence-electron chi connectivity index (χ4n) is 4.49. The van der Waals surface area contributed by atoms with Crippen molar-refractivity contribution in [1.82, 2.24) is 14.6 Å². The fraction of sp³-hybridized carbons (Fsp3) is 0.357. The average molecular weight is 524 g/mol. The van der Waals surface area contributed by atoms with Gasteiger partial charge in [-0.1, -0.05) is 37.6 Å². The molecule has 37 heavy (non-hydrogen) atoms. The molecule has 1 fully saturated rings. The summed E-state index contributed by atoms with van der Waals surface area (Å²) in [5, 5.41) is 15.8. The van der Waals surface area contributed by atoms with Gasteiger partial charge in [-0.2, -0.15) is 4.31 Å². The summed E-state index contributed by atoms with van der Waals surface area (Å²) in [6.45, 7) is 3.88. The number of hydrogen-bond donors (Lipinski definition) is 3. The van der Waals surface area contributed by atoms with E-state index in [0.29, 0.717) is 32.0 Å². The van der Waals surface area contributed by atoms with Gasteiger partial charge in [-0.05, 0) is 48.9 Å². The lowest BCUT2D eigenvalue weighted by Crippen LogP contribution is -2.60. The van der Waals surface area contributed by atoms with Crippen LogP contribution in [0.4, 0.5) is 0 Å². The predicted molar refractivity (Wildman–Crippen MR) is 145 cm³/mol. The monoisotopic (exact) mass is 523 g/mol. The van der Waals surface area contributed by atoms with Crippen LogP contribution in [0.15, 0.2) is 71.6 Å². The molecule has 0 radical (unpaired) electrons. The van der Waals surface area contributed by atoms with E-state index < -0.39 is 16.1 Å². The summed E-state index contributed by atoms with van der Waals surface area (Å²) in [4.78, 5) is 3.65. The summed E-state index contributed by atoms with van der Waals surface area (Å²) in [5.41, 5.74) is 2.03. The highest BCUT2D eigenvalue weighted by Crippen LogP contribution is 2.33. The number of H-pyrrole nitrogens is 1. The van der Waals surface area contributed by atoms with Crippen molar-refractivity contribution in [2.45, 2.75) is 36.8 Å². The quantitative estimate of drug-likeness (QED) is 0.243. The van der Waals surface area contributed by atoms with E-state index in [1.54, 1.807) is 24.3 Å². The molecule has 1 aromatic heterocycles. The van der Waals surface area contributed by atoms with Crippen molar-refractivity contribution in [1.29, 1.82) is 0 Å². The van der Waals surface area contributed by atoms with Crippen molar-refractivity contribution in [3.8, 4) is 11.5 Å². The lowest BCUT2D eigenvalue weighted by Gasteiger charge is -2.38. The van der Waals surface area contributed by atoms with Gasteiger partial charge in [0.1, 0.15) is 24.2 Å². The van der Waals surface area contributed by atoms with Gasteiger partial charge >= 0.3 is 0 Å². The minimum atomic E-state index is -3.55. The molecule has 196 valence electrons. The zero-order valence-corrected chi connectivity index (χ0v) is 21.7. The number of fused-ring (bicyclic) bond motifs is 3. The molecule has 8 nitrogen and oxygen atoms in total. The maximum Gasteiger partial charge on any atom is 0.243 e. The molecule has 0 aliphatic carbocycles. The van der Waals surface area contributed by atoms with Gasteiger partial charge in [0.25, 0.3) is 0 Å². The number of aliphatic hydroxyl groups is 1. The molecular formula is C28H33N3O5S. The highest BCUT2D eigenvalue weighted by atomic mass is 32.2. The van der Waals surface area contributed by atoms with Crippen LogP contribution in [0.2, 0.25) is 0 Å². The normalized spacial score (nSPS) is 15.6. The minimum absolute atomic E-state index is 0.0156. The molecule has 5 rings (SSSR count). The first kappa shape index (κ1) is 25.5. The standard InChI is InChI=1S/C28H33N3O5S/c1-2-3-15-35-22-11-13-23(14-12-22)37(33,34)31-17-20(18-31)29-16-21(32)19-36-27-10-6-9-26-28(27)24-7-4-5-8-25(24)30-26/h4-14,20-21,29-30,32H,2-3,15-19H2,1H3/t21-/m0/s1. The van der Waals surface area contributed by atoms with Crippen molar-refractivity contribution in [2.24, 2.45) is 0 Å². The first-order chi connectivity index (χ1) is 18.0. The Hall–Kier alpha value is -3.11. The van der Waals surface area contributed by atoms with Crippen LogP contribution in [-0.2, 0) is 10.0 Å². The molecule has 0 amide bonds. The molecule has 1 saturated heterocycles. The molecular weight excluding hydrogens is 490 g/mol. The number of ether oxygens (including phenoxy) is 2. The number of nitrogens with one attached hydrogen (secondary N) is 2. The maximum atomic E-state index is 12.9. The van der Waals surface area contributed by atoms with Crippen molar-refractivity contribution >= 4 is 31.8 Å². The number of aromatic nitrogens is 1. The van der Waals surface area contributed by atoms with Gasteiger partial charge in [0.05, 0.1) is 17.0 Å². The molecule has 1 atom stereocenters. The SMILES string of the molecule is CCCCOc1ccc(S(=O)(=O)N2CC(NC[C@H](O)COc3cccc4[nH]c5ccccc5c34)C2)cc1. The van der Waals surface area contributed by atoms with E-state index in [2.05, 4.69) is 17.2 Å². The Bertz CT molecular complexity index is 1450. The lowest BCUT2D eigenvalue weighted by atomic mass is 10.1. The average Bonchev–Trinajstić information content (AvgIpc) is 3.26. The van der Waals surface area contributed by atoms with Crippen LogP contribution in [-0.4, -0.2) is 67.8 Å². The highest BCUT2D eigenvalue weighted by molar-refractivity contribution is 7.89. The van der Waals surface area contributed by atoms with Crippen LogP contribution in [0.5, 0.6) is 11.5 Å². The molecule has 9 heteroatoms. The van der Waals surface area contributed by atoms with E-state index in [-0.39, 0.29) is 17.5 Å². The van der Waals surface area contributed by atoms with E-state index >= 15 is 0 Å². The molecule has 4 aromatic rings. The van der Waals surface area contributed by atoms with E-state index in [0.717, 1.165) is 40.4 Å². The molecule has 1 aliphatic rings. The third kappa shape index (κ3) is 5.60. The topological polar surface area (TPSA) is 104 Å². The van der Waals surface area contributed by atoms with Crippen LogP contribution in [0.1, 0.15) is 19.8 Å². The Kier molecular flexibility index (Phi) is 7.66. The smallest absolute Gasteiger partial charge is 0.243 e. The molecule has 0 unspecified atom stereocenters. The third-order valence-corrected chi connectivity index (χ3v) is 8.49. The lowest BCUT2D eigenvalue weighted by molar-refractivity contribution is 0.0965. The van der Waals surface area contributed by atoms with Gasteiger partial charge in [0, 0.05) is 42.0 Å². The molecule has 0 saturated carbocycles. The van der Waals surface area contributed by atoms with Gasteiger partial charge in [-0.25, -0.2) is 8.42 Å². The number of benzene rings is 3. The van der Waals surface area contributed by atoms with Crippen molar-refractivity contribution in [3.63, 3.8) is 0 Å². The number of nitrogens with zero attached hydrogens (tertiary/aromatic N) is 1. The zero-order chi connectivity index (χ0) is 25.8. The summed E-state index contributed by atoms with van der Waals surface area (Å²) < 4.78 is 38.8. The predicted octanol–water partition coefficient (Wildman–Crippen LogP) is 3.90. The zero-order valence-electron chi connectivity index (χ0n) is 20.9. The molecule has 0 spiro atoms. The van der Waals surface area contributed by atoms with Crippen LogP contribution in [0.25, 0.3) is 21.8 Å². The number of aromatic amines is 1. The first-order valence-electron chi connectivity index (χ1n) is 12.7. The minimum Gasteiger partial charge on any atom is -0.494 e. The Morgan fingerprint density at radius 3 is 2.57 bits per heavy atom. The van der Waals surface area contributed by atoms with Crippen molar-refractivity contribution < 1.29 is 23.0 Å². The van der Waals surface area contributed by atoms with E-state index in [1.807, 2.05) is 42.5 Å². The van der Waals surface area contributed by atoms with Gasteiger partial charge < -0.3 is 24.9 Å². The second kappa shape index (κ2) is 11.1. The Labute approximate surface area is 217 Å². The largest absolute Gasteiger partial charge is 0.494 e. The van der Waals surface area contributed by atoms with Crippen LogP contribution in [0.3, 0.4) is 0 Å². The summed E-state index contributed by atoms with van der Waals surface area (Å²) in [7, 11) is -3.55. The summed E-state index contributed by atoms with van der Waals surface area (Å²) in [6, 6.07) is 20.4. The third-order valence-electron chi connectivity index (χ3n) is 6.64. The molecule has 0 bridgehead atoms. The molecule has 1 aliphatic heterocycles. The summed E-state index contributed by atoms with van der Waals surface area (Å²) in [6.07, 6.45) is 1.28. The van der Waals surface area contributed by atoms with Gasteiger partial charge in [0.2, 0.25) is 10.0 Å². The number of aliphatic hydroxyl groups excluding tert-OH is 1. The number of unbranched alkanes of at least 4 members (excludes halogenated alkanes) is 1. The van der Waals surface area contributed by atoms with Crippen LogP contribution in [0, 0.1) is 0 Å². The second-order valence-corrected chi connectivity index (χ2v) is 11.4. The molecule has 2 heterocycles. The number of sulfonamides is 1. The van der Waals surface area contributed by atoms with Gasteiger partial charge in [-0.15, -0.1) is 0 Å². The fourth-order valence-corrected chi connectivity index (χ4v) is 6.02. The Morgan fingerprint density at radius 2 is 1.78 bits per heavy atom. The van der Waals surface area contributed by atoms with Crippen LogP contribution < -0.4 is 14.8 Å². The molecule has 3 aromatic carbocycles. The summed E-state index contributed by atoms with van der Waals surface area (Å²) in [5.74, 6) is 1.39. The number of rotatable bonds is 12. The Morgan fingerprint density at radius 1 is 1.03 bits per heavy atom. The van der Waals surface area contributed by atoms with E-state index in [9.17, 15) is 13.5 Å². The van der Waals surface area contributed by atoms with Crippen LogP contribution >= 0.6 is 0 Å². The van der Waals surface area contributed by atoms with Crippen molar-refractivity contribution in [2.75, 3.05) is 32.8 Å². The highest BCUT2D eigenvalue weighted by Gasteiger charge is 2.36. The van der Waals surface area contributed by atoms with Gasteiger partial charge in [0.15, 0.2) is 0 Å². The van der Waals surface area contributed by atoms with E-state index in [4.69, 9.17) is 9.47 Å². The van der Waals surface area contributed by atoms with Gasteiger partial charge in [-0.3, -0.25) is 0 Å². The van der Waals surface area contributed by atoms with Crippen molar-refractivity contribution in [3.05, 3.63) is 66.7 Å². The number of hydrogen-bond acceptors (Lipinski definition) is 6. The second-order valence-electron chi connectivity index (χ2n) is 9.41. The molecule has 3 N–H and O–H groups in total. The van der Waals surface area contributed by atoms with E-state index in [1.165, 1.54) is 4.31 Å². The first-order valence-corrected chi connectivity index (χ1v) is 14.2.